The normalized spacial score (nSPS) is 15.2. The van der Waals surface area contributed by atoms with Crippen LogP contribution in [-0.4, -0.2) is 17.6 Å². The van der Waals surface area contributed by atoms with E-state index in [0.717, 1.165) is 27.4 Å². The number of thiophene rings is 1. The van der Waals surface area contributed by atoms with Crippen molar-refractivity contribution in [3.05, 3.63) is 104 Å². The summed E-state index contributed by atoms with van der Waals surface area (Å²) in [5.74, 6) is -0.838. The molecule has 1 unspecified atom stereocenters. The van der Waals surface area contributed by atoms with Crippen molar-refractivity contribution in [3.8, 4) is 6.07 Å². The number of carbonyl (C=O) groups is 2. The Balaban J connectivity index is 1.59. The van der Waals surface area contributed by atoms with Gasteiger partial charge in [-0.25, -0.2) is 0 Å². The molecule has 36 heavy (non-hydrogen) atoms. The summed E-state index contributed by atoms with van der Waals surface area (Å²) in [6, 6.07) is 21.3. The van der Waals surface area contributed by atoms with Crippen molar-refractivity contribution in [2.75, 3.05) is 16.4 Å². The third-order valence-corrected chi connectivity index (χ3v) is 7.72. The van der Waals surface area contributed by atoms with Gasteiger partial charge in [-0.2, -0.15) is 5.26 Å². The molecule has 4 rings (SSSR count). The fourth-order valence-corrected chi connectivity index (χ4v) is 5.76. The minimum atomic E-state index is -0.525. The number of hydrogen-bond acceptors (Lipinski definition) is 6. The van der Waals surface area contributed by atoms with Crippen molar-refractivity contribution in [1.82, 2.24) is 5.32 Å². The van der Waals surface area contributed by atoms with Gasteiger partial charge in [-0.3, -0.25) is 9.59 Å². The molecule has 0 saturated heterocycles. The van der Waals surface area contributed by atoms with Crippen LogP contribution in [-0.2, 0) is 9.59 Å². The maximum atomic E-state index is 13.5. The minimum Gasteiger partial charge on any atom is -0.353 e. The van der Waals surface area contributed by atoms with Gasteiger partial charge in [-0.1, -0.05) is 48.2 Å². The fourth-order valence-electron chi connectivity index (χ4n) is 4.03. The molecule has 0 aliphatic carbocycles. The van der Waals surface area contributed by atoms with E-state index >= 15 is 0 Å². The van der Waals surface area contributed by atoms with Crippen LogP contribution in [0.5, 0.6) is 0 Å². The highest BCUT2D eigenvalue weighted by atomic mass is 32.2. The number of benzene rings is 2. The number of rotatable bonds is 7. The predicted octanol–water partition coefficient (Wildman–Crippen LogP) is 6.07. The molecule has 0 spiro atoms. The van der Waals surface area contributed by atoms with E-state index in [-0.39, 0.29) is 17.6 Å². The molecular formula is C28H26N4O2S2. The number of aryl methyl sites for hydroxylation is 2. The lowest BCUT2D eigenvalue weighted by Gasteiger charge is -2.29. The number of nitriles is 1. The largest absolute Gasteiger partial charge is 0.353 e. The average Bonchev–Trinajstić information content (AvgIpc) is 3.38. The van der Waals surface area contributed by atoms with Crippen LogP contribution in [0, 0.1) is 25.2 Å². The van der Waals surface area contributed by atoms with Gasteiger partial charge in [0.25, 0.3) is 5.91 Å². The van der Waals surface area contributed by atoms with Gasteiger partial charge in [0, 0.05) is 27.5 Å². The Morgan fingerprint density at radius 1 is 1.06 bits per heavy atom. The van der Waals surface area contributed by atoms with Crippen LogP contribution in [0.25, 0.3) is 0 Å². The number of carbonyl (C=O) groups excluding carboxylic acids is 2. The summed E-state index contributed by atoms with van der Waals surface area (Å²) in [6.07, 6.45) is 0. The highest BCUT2D eigenvalue weighted by molar-refractivity contribution is 8.03. The smallest absolute Gasteiger partial charge is 0.254 e. The lowest BCUT2D eigenvalue weighted by molar-refractivity contribution is -0.114. The Labute approximate surface area is 219 Å². The van der Waals surface area contributed by atoms with E-state index < -0.39 is 5.92 Å². The predicted molar refractivity (Wildman–Crippen MR) is 148 cm³/mol. The third-order valence-electron chi connectivity index (χ3n) is 5.76. The molecule has 3 aromatic rings. The highest BCUT2D eigenvalue weighted by Crippen LogP contribution is 2.42. The maximum absolute atomic E-state index is 13.5. The van der Waals surface area contributed by atoms with Crippen molar-refractivity contribution in [1.29, 1.82) is 5.26 Å². The Morgan fingerprint density at radius 3 is 2.56 bits per heavy atom. The van der Waals surface area contributed by atoms with Crippen LogP contribution in [0.3, 0.4) is 0 Å². The number of amides is 2. The molecule has 2 amide bonds. The van der Waals surface area contributed by atoms with Gasteiger partial charge in [0.05, 0.1) is 28.3 Å². The zero-order valence-electron chi connectivity index (χ0n) is 20.2. The lowest BCUT2D eigenvalue weighted by atomic mass is 9.86. The van der Waals surface area contributed by atoms with Gasteiger partial charge < -0.3 is 16.0 Å². The van der Waals surface area contributed by atoms with E-state index in [4.69, 9.17) is 0 Å². The molecule has 182 valence electrons. The number of dihydropyridines is 1. The van der Waals surface area contributed by atoms with Crippen LogP contribution in [0.1, 0.15) is 28.8 Å². The Hall–Kier alpha value is -3.80. The van der Waals surface area contributed by atoms with Gasteiger partial charge in [0.2, 0.25) is 5.91 Å². The monoisotopic (exact) mass is 514 g/mol. The summed E-state index contributed by atoms with van der Waals surface area (Å²) < 4.78 is 0. The molecule has 3 N–H and O–H groups in total. The SMILES string of the molecule is CC1=C(C(=O)Nc2ccccc2C)C(c2cccs2)C(C#N)=C(SCC(=O)Nc2cccc(C)c2)N1. The molecule has 1 aliphatic rings. The number of hydrogen-bond donors (Lipinski definition) is 3. The van der Waals surface area contributed by atoms with Crippen molar-refractivity contribution in [2.45, 2.75) is 26.7 Å². The minimum absolute atomic E-state index is 0.122. The van der Waals surface area contributed by atoms with E-state index in [1.807, 2.05) is 86.8 Å². The van der Waals surface area contributed by atoms with Crippen LogP contribution in [0.2, 0.25) is 0 Å². The zero-order valence-corrected chi connectivity index (χ0v) is 21.8. The molecule has 6 nitrogen and oxygen atoms in total. The molecule has 1 atom stereocenters. The molecule has 2 aromatic carbocycles. The van der Waals surface area contributed by atoms with Crippen molar-refractivity contribution < 1.29 is 9.59 Å². The van der Waals surface area contributed by atoms with Crippen molar-refractivity contribution in [3.63, 3.8) is 0 Å². The molecule has 2 heterocycles. The number of nitrogens with one attached hydrogen (secondary N) is 3. The second-order valence-electron chi connectivity index (χ2n) is 8.44. The van der Waals surface area contributed by atoms with Crippen LogP contribution in [0.4, 0.5) is 11.4 Å². The van der Waals surface area contributed by atoms with Crippen LogP contribution < -0.4 is 16.0 Å². The molecule has 8 heteroatoms. The number of nitrogens with zero attached hydrogens (tertiary/aromatic N) is 1. The second-order valence-corrected chi connectivity index (χ2v) is 10.4. The summed E-state index contributed by atoms with van der Waals surface area (Å²) in [6.45, 7) is 5.73. The highest BCUT2D eigenvalue weighted by Gasteiger charge is 2.35. The fraction of sp³-hybridized carbons (Fsp3) is 0.179. The molecule has 1 aliphatic heterocycles. The van der Waals surface area contributed by atoms with Crippen LogP contribution >= 0.6 is 23.1 Å². The van der Waals surface area contributed by atoms with Crippen molar-refractivity contribution in [2.24, 2.45) is 0 Å². The summed E-state index contributed by atoms with van der Waals surface area (Å²) in [5.41, 5.74) is 5.03. The number of para-hydroxylation sites is 1. The number of thioether (sulfide) groups is 1. The first-order valence-corrected chi connectivity index (χ1v) is 13.3. The third kappa shape index (κ3) is 5.70. The maximum Gasteiger partial charge on any atom is 0.254 e. The first-order chi connectivity index (χ1) is 17.4. The molecule has 0 radical (unpaired) electrons. The van der Waals surface area contributed by atoms with E-state index in [2.05, 4.69) is 22.0 Å². The van der Waals surface area contributed by atoms with Gasteiger partial charge in [-0.05, 0) is 61.5 Å². The standard InChI is InChI=1S/C28H26N4O2S2/c1-17-8-6-10-20(14-17)31-24(33)16-36-28-21(15-29)26(23-12-7-13-35-23)25(19(3)30-28)27(34)32-22-11-5-4-9-18(22)2/h4-14,26,30H,16H2,1-3H3,(H,31,33)(H,32,34). The molecular weight excluding hydrogens is 488 g/mol. The number of allylic oxidation sites excluding steroid dienone is 2. The van der Waals surface area contributed by atoms with Gasteiger partial charge >= 0.3 is 0 Å². The van der Waals surface area contributed by atoms with E-state index in [1.165, 1.54) is 23.1 Å². The molecule has 1 aromatic heterocycles. The van der Waals surface area contributed by atoms with Gasteiger partial charge in [0.1, 0.15) is 0 Å². The zero-order chi connectivity index (χ0) is 25.7. The molecule has 0 bridgehead atoms. The lowest BCUT2D eigenvalue weighted by Crippen LogP contribution is -2.31. The summed E-state index contributed by atoms with van der Waals surface area (Å²) in [7, 11) is 0. The average molecular weight is 515 g/mol. The topological polar surface area (TPSA) is 94.0 Å². The summed E-state index contributed by atoms with van der Waals surface area (Å²) in [4.78, 5) is 27.0. The van der Waals surface area contributed by atoms with E-state index in [0.29, 0.717) is 21.9 Å². The van der Waals surface area contributed by atoms with Gasteiger partial charge in [-0.15, -0.1) is 11.3 Å². The van der Waals surface area contributed by atoms with Crippen LogP contribution in [0.15, 0.2) is 87.9 Å². The Kier molecular flexibility index (Phi) is 7.93. The van der Waals surface area contributed by atoms with E-state index in [1.54, 1.807) is 0 Å². The molecule has 0 fully saturated rings. The second kappa shape index (κ2) is 11.3. The summed E-state index contributed by atoms with van der Waals surface area (Å²) >= 11 is 2.75. The quantitative estimate of drug-likeness (QED) is 0.356. The Morgan fingerprint density at radius 2 is 1.86 bits per heavy atom. The van der Waals surface area contributed by atoms with Gasteiger partial charge in [0.15, 0.2) is 0 Å². The number of anilines is 2. The Bertz CT molecular complexity index is 1400. The first kappa shape index (κ1) is 25.3. The van der Waals surface area contributed by atoms with Crippen molar-refractivity contribution >= 4 is 46.3 Å². The summed E-state index contributed by atoms with van der Waals surface area (Å²) in [5, 5.41) is 21.8. The first-order valence-electron chi connectivity index (χ1n) is 11.4. The van der Waals surface area contributed by atoms with E-state index in [9.17, 15) is 14.9 Å². The molecule has 0 saturated carbocycles.